The first-order valence-corrected chi connectivity index (χ1v) is 18.6. The molecule has 8 nitrogen and oxygen atoms in total. The normalized spacial score (nSPS) is 13.2. The summed E-state index contributed by atoms with van der Waals surface area (Å²) in [7, 11) is -4.77. The zero-order valence-corrected chi connectivity index (χ0v) is 28.9. The number of carbonyl (C=O) groups is 2. The first-order chi connectivity index (χ1) is 21.8. The van der Waals surface area contributed by atoms with Gasteiger partial charge in [0.05, 0.1) is 13.0 Å². The molecule has 1 unspecified atom stereocenters. The van der Waals surface area contributed by atoms with Crippen molar-refractivity contribution >= 4 is 19.8 Å². The van der Waals surface area contributed by atoms with Gasteiger partial charge in [-0.25, -0.2) is 4.57 Å². The van der Waals surface area contributed by atoms with Crippen molar-refractivity contribution in [2.45, 2.75) is 142 Å². The molecule has 0 radical (unpaired) electrons. The van der Waals surface area contributed by atoms with Crippen molar-refractivity contribution in [3.63, 3.8) is 0 Å². The maximum absolute atomic E-state index is 12.3. The maximum Gasteiger partial charge on any atom is 0.469 e. The van der Waals surface area contributed by atoms with Gasteiger partial charge in [-0.1, -0.05) is 145 Å². The molecule has 45 heavy (non-hydrogen) atoms. The lowest BCUT2D eigenvalue weighted by atomic mass is 10.0. The second-order valence-corrected chi connectivity index (χ2v) is 12.4. The van der Waals surface area contributed by atoms with Gasteiger partial charge in [0.1, 0.15) is 6.61 Å². The number of allylic oxidation sites excluding steroid dienone is 9. The van der Waals surface area contributed by atoms with Crippen molar-refractivity contribution in [1.82, 2.24) is 0 Å². The third kappa shape index (κ3) is 34.5. The van der Waals surface area contributed by atoms with Crippen LogP contribution in [0.2, 0.25) is 0 Å². The van der Waals surface area contributed by atoms with Gasteiger partial charge in [0.25, 0.3) is 0 Å². The van der Waals surface area contributed by atoms with E-state index in [1.807, 2.05) is 18.2 Å². The molecular weight excluding hydrogens is 591 g/mol. The van der Waals surface area contributed by atoms with Gasteiger partial charge in [0.2, 0.25) is 0 Å². The van der Waals surface area contributed by atoms with Gasteiger partial charge in [-0.05, 0) is 38.5 Å². The van der Waals surface area contributed by atoms with E-state index in [1.165, 1.54) is 57.8 Å². The van der Waals surface area contributed by atoms with E-state index in [1.54, 1.807) is 6.08 Å². The Morgan fingerprint density at radius 1 is 0.600 bits per heavy atom. The van der Waals surface area contributed by atoms with E-state index < -0.39 is 32.5 Å². The lowest BCUT2D eigenvalue weighted by molar-refractivity contribution is -0.160. The van der Waals surface area contributed by atoms with Crippen LogP contribution >= 0.6 is 7.82 Å². The third-order valence-corrected chi connectivity index (χ3v) is 7.32. The highest BCUT2D eigenvalue weighted by atomic mass is 31.2. The fourth-order valence-corrected chi connectivity index (χ4v) is 4.69. The lowest BCUT2D eigenvalue weighted by Crippen LogP contribution is -2.29. The van der Waals surface area contributed by atoms with Crippen LogP contribution in [0.3, 0.4) is 0 Å². The topological polar surface area (TPSA) is 119 Å². The van der Waals surface area contributed by atoms with Crippen molar-refractivity contribution in [3.8, 4) is 0 Å². The molecule has 9 heteroatoms. The van der Waals surface area contributed by atoms with Crippen LogP contribution in [0.4, 0.5) is 0 Å². The second-order valence-electron chi connectivity index (χ2n) is 11.1. The Morgan fingerprint density at radius 3 is 1.51 bits per heavy atom. The molecule has 0 aromatic heterocycles. The maximum atomic E-state index is 12.3. The van der Waals surface area contributed by atoms with Gasteiger partial charge in [0.15, 0.2) is 6.10 Å². The second kappa shape index (κ2) is 31.7. The van der Waals surface area contributed by atoms with Crippen molar-refractivity contribution in [2.24, 2.45) is 0 Å². The van der Waals surface area contributed by atoms with Crippen LogP contribution in [-0.2, 0) is 28.2 Å². The molecule has 0 aromatic carbocycles. The van der Waals surface area contributed by atoms with Crippen LogP contribution in [0.1, 0.15) is 136 Å². The Balaban J connectivity index is 4.18. The Morgan fingerprint density at radius 2 is 1.04 bits per heavy atom. The predicted molar refractivity (Wildman–Crippen MR) is 184 cm³/mol. The first-order valence-electron chi connectivity index (χ1n) is 17.1. The van der Waals surface area contributed by atoms with Gasteiger partial charge >= 0.3 is 19.8 Å². The summed E-state index contributed by atoms with van der Waals surface area (Å²) in [5.41, 5.74) is 0. The molecule has 0 heterocycles. The number of phosphoric acid groups is 1. The number of phosphoric ester groups is 1. The van der Waals surface area contributed by atoms with E-state index in [4.69, 9.17) is 19.3 Å². The fourth-order valence-electron chi connectivity index (χ4n) is 4.33. The highest BCUT2D eigenvalue weighted by Crippen LogP contribution is 2.35. The number of unbranched alkanes of at least 4 members (excludes halogenated alkanes) is 11. The smallest absolute Gasteiger partial charge is 0.462 e. The minimum Gasteiger partial charge on any atom is -0.462 e. The summed E-state index contributed by atoms with van der Waals surface area (Å²) < 4.78 is 26.1. The number of esters is 2. The van der Waals surface area contributed by atoms with Gasteiger partial charge in [-0.2, -0.15) is 0 Å². The molecule has 0 bridgehead atoms. The Hall–Kier alpha value is -2.25. The summed E-state index contributed by atoms with van der Waals surface area (Å²) in [4.78, 5) is 42.5. The molecule has 0 saturated carbocycles. The summed E-state index contributed by atoms with van der Waals surface area (Å²) in [6.07, 6.45) is 38.3. The summed E-state index contributed by atoms with van der Waals surface area (Å²) >= 11 is 0. The summed E-state index contributed by atoms with van der Waals surface area (Å²) in [5, 5.41) is 0. The van der Waals surface area contributed by atoms with Crippen LogP contribution in [-0.4, -0.2) is 41.0 Å². The standard InChI is InChI=1S/C36H61O8P/c1-3-5-7-9-11-13-15-17-18-19-21-23-25-27-29-31-36(38)44-34(33-43-45(39,40)41)32-42-35(37)30-28-26-24-22-20-16-14-12-10-8-6-4-2/h5,7,11,13,17-18,21,23,27,29,34H,3-4,6,8-10,12,14-16,19-20,22,24-26,28,30-33H2,1-2H3,(H2,39,40,41)/b7-5-,13-11-,18-17-,23-21-,29-27-. The van der Waals surface area contributed by atoms with E-state index in [9.17, 15) is 14.2 Å². The van der Waals surface area contributed by atoms with Crippen LogP contribution in [0.5, 0.6) is 0 Å². The van der Waals surface area contributed by atoms with Crippen molar-refractivity contribution in [3.05, 3.63) is 60.8 Å². The molecule has 0 aliphatic rings. The average Bonchev–Trinajstić information content (AvgIpc) is 3.00. The highest BCUT2D eigenvalue weighted by Gasteiger charge is 2.22. The third-order valence-electron chi connectivity index (χ3n) is 6.83. The number of hydrogen-bond acceptors (Lipinski definition) is 6. The number of ether oxygens (including phenoxy) is 2. The van der Waals surface area contributed by atoms with Crippen molar-refractivity contribution < 1.29 is 37.9 Å². The molecule has 2 N–H and O–H groups in total. The van der Waals surface area contributed by atoms with E-state index >= 15 is 0 Å². The van der Waals surface area contributed by atoms with Crippen molar-refractivity contribution in [2.75, 3.05) is 13.2 Å². The van der Waals surface area contributed by atoms with E-state index in [0.717, 1.165) is 38.5 Å². The molecule has 0 saturated heterocycles. The number of carbonyl (C=O) groups excluding carboxylic acids is 2. The molecular formula is C36H61O8P. The van der Waals surface area contributed by atoms with Gasteiger partial charge < -0.3 is 19.3 Å². The predicted octanol–water partition coefficient (Wildman–Crippen LogP) is 9.78. The van der Waals surface area contributed by atoms with Crippen LogP contribution in [0.25, 0.3) is 0 Å². The molecule has 0 aliphatic carbocycles. The molecule has 0 aliphatic heterocycles. The van der Waals surface area contributed by atoms with Crippen LogP contribution in [0, 0.1) is 0 Å². The zero-order chi connectivity index (χ0) is 33.3. The SMILES string of the molecule is CC/C=C\C/C=C\C/C=C\C/C=C\C/C=C\CC(=O)OC(COC(=O)CCCCCCCCCCCCCC)COP(=O)(O)O. The Labute approximate surface area is 273 Å². The van der Waals surface area contributed by atoms with Crippen LogP contribution in [0.15, 0.2) is 60.8 Å². The fraction of sp³-hybridized carbons (Fsp3) is 0.667. The van der Waals surface area contributed by atoms with Crippen LogP contribution < -0.4 is 0 Å². The molecule has 1 atom stereocenters. The summed E-state index contributed by atoms with van der Waals surface area (Å²) in [6, 6.07) is 0. The van der Waals surface area contributed by atoms with E-state index in [2.05, 4.69) is 54.8 Å². The van der Waals surface area contributed by atoms with Gasteiger partial charge in [0, 0.05) is 6.42 Å². The average molecular weight is 653 g/mol. The van der Waals surface area contributed by atoms with Gasteiger partial charge in [-0.15, -0.1) is 0 Å². The first kappa shape index (κ1) is 42.8. The highest BCUT2D eigenvalue weighted by molar-refractivity contribution is 7.46. The quantitative estimate of drug-likeness (QED) is 0.0341. The van der Waals surface area contributed by atoms with E-state index in [0.29, 0.717) is 12.8 Å². The minimum absolute atomic E-state index is 0.0211. The largest absolute Gasteiger partial charge is 0.469 e. The monoisotopic (exact) mass is 652 g/mol. The number of rotatable bonds is 30. The Kier molecular flexibility index (Phi) is 30.1. The minimum atomic E-state index is -4.77. The molecule has 258 valence electrons. The molecule has 0 rings (SSSR count). The van der Waals surface area contributed by atoms with Gasteiger partial charge in [-0.3, -0.25) is 14.1 Å². The Bertz CT molecular complexity index is 916. The summed E-state index contributed by atoms with van der Waals surface area (Å²) in [5.74, 6) is -1.04. The molecule has 0 aromatic rings. The molecule has 0 fully saturated rings. The van der Waals surface area contributed by atoms with Crippen molar-refractivity contribution in [1.29, 1.82) is 0 Å². The molecule has 0 spiro atoms. The molecule has 0 amide bonds. The van der Waals surface area contributed by atoms with E-state index in [-0.39, 0.29) is 19.4 Å². The lowest BCUT2D eigenvalue weighted by Gasteiger charge is -2.18. The zero-order valence-electron chi connectivity index (χ0n) is 28.0. The number of hydrogen-bond donors (Lipinski definition) is 2. The summed E-state index contributed by atoms with van der Waals surface area (Å²) in [6.45, 7) is 3.45.